The number of fused-ring (bicyclic) bond motifs is 3. The average molecular weight is 369 g/mol. The molecule has 0 aliphatic heterocycles. The number of halogens is 2. The molecule has 1 nitrogen and oxygen atoms in total. The molecule has 1 aliphatic rings. The molecule has 0 spiro atoms. The summed E-state index contributed by atoms with van der Waals surface area (Å²) < 4.78 is 0. The molecule has 0 heterocycles. The van der Waals surface area contributed by atoms with Crippen molar-refractivity contribution in [1.29, 1.82) is 0 Å². The van der Waals surface area contributed by atoms with Gasteiger partial charge in [0, 0.05) is 19.8 Å². The van der Waals surface area contributed by atoms with Gasteiger partial charge in [0.05, 0.1) is 4.83 Å². The van der Waals surface area contributed by atoms with Crippen molar-refractivity contribution in [3.05, 3.63) is 53.6 Å². The second kappa shape index (κ2) is 5.06. The Morgan fingerprint density at radius 2 is 1.61 bits per heavy atom. The van der Waals surface area contributed by atoms with Gasteiger partial charge in [-0.2, -0.15) is 0 Å². The first-order valence-corrected chi connectivity index (χ1v) is 6.64. The molecule has 2 aromatic rings. The summed E-state index contributed by atoms with van der Waals surface area (Å²) in [5.41, 5.74) is 6.71. The summed E-state index contributed by atoms with van der Waals surface area (Å²) in [5.74, 6) is 0. The number of hydrogen-bond acceptors (Lipinski definition) is 1. The maximum absolute atomic E-state index is 3.80. The van der Waals surface area contributed by atoms with Crippen molar-refractivity contribution in [3.63, 3.8) is 0 Å². The summed E-state index contributed by atoms with van der Waals surface area (Å²) >= 11 is 3.80. The Balaban J connectivity index is 0.00000120. The molecule has 94 valence electrons. The van der Waals surface area contributed by atoms with Gasteiger partial charge in [0.1, 0.15) is 0 Å². The van der Waals surface area contributed by atoms with Gasteiger partial charge in [-0.15, -0.1) is 17.0 Å². The van der Waals surface area contributed by atoms with Crippen LogP contribution in [0.15, 0.2) is 42.5 Å². The lowest BCUT2D eigenvalue weighted by molar-refractivity contribution is 1.12. The van der Waals surface area contributed by atoms with E-state index in [1.807, 2.05) is 0 Å². The third kappa shape index (κ3) is 1.99. The minimum Gasteiger partial charge on any atom is -0.378 e. The SMILES string of the molecule is Br.CN(C)c1ccc2c(c1)C(Br)c1ccccc1-2. The van der Waals surface area contributed by atoms with Gasteiger partial charge >= 0.3 is 0 Å². The van der Waals surface area contributed by atoms with Crippen molar-refractivity contribution in [2.45, 2.75) is 4.83 Å². The molecule has 3 rings (SSSR count). The second-order valence-corrected chi connectivity index (χ2v) is 5.53. The smallest absolute Gasteiger partial charge is 0.0657 e. The monoisotopic (exact) mass is 367 g/mol. The molecule has 0 N–H and O–H groups in total. The van der Waals surface area contributed by atoms with Crippen molar-refractivity contribution in [2.24, 2.45) is 0 Å². The molecule has 0 aromatic heterocycles. The molecular formula is C15H15Br2N. The van der Waals surface area contributed by atoms with Crippen LogP contribution in [0.25, 0.3) is 11.1 Å². The molecule has 3 heteroatoms. The first-order valence-electron chi connectivity index (χ1n) is 5.73. The van der Waals surface area contributed by atoms with Crippen molar-refractivity contribution < 1.29 is 0 Å². The Morgan fingerprint density at radius 3 is 2.33 bits per heavy atom. The average Bonchev–Trinajstić information content (AvgIpc) is 2.64. The van der Waals surface area contributed by atoms with Gasteiger partial charge < -0.3 is 4.90 Å². The lowest BCUT2D eigenvalue weighted by atomic mass is 10.1. The molecule has 0 saturated carbocycles. The van der Waals surface area contributed by atoms with Gasteiger partial charge in [-0.05, 0) is 34.4 Å². The zero-order valence-corrected chi connectivity index (χ0v) is 13.7. The fourth-order valence-electron chi connectivity index (χ4n) is 2.41. The van der Waals surface area contributed by atoms with Gasteiger partial charge in [0.15, 0.2) is 0 Å². The minimum absolute atomic E-state index is 0. The third-order valence-corrected chi connectivity index (χ3v) is 4.34. The number of hydrogen-bond donors (Lipinski definition) is 0. The Labute approximate surface area is 127 Å². The van der Waals surface area contributed by atoms with Crippen LogP contribution in [0.2, 0.25) is 0 Å². The van der Waals surface area contributed by atoms with Gasteiger partial charge in [0.2, 0.25) is 0 Å². The van der Waals surface area contributed by atoms with Crippen LogP contribution in [0, 0.1) is 0 Å². The number of benzene rings is 2. The highest BCUT2D eigenvalue weighted by Crippen LogP contribution is 2.48. The van der Waals surface area contributed by atoms with Gasteiger partial charge in [-0.1, -0.05) is 46.3 Å². The van der Waals surface area contributed by atoms with Crippen LogP contribution in [0.5, 0.6) is 0 Å². The lowest BCUT2D eigenvalue weighted by Crippen LogP contribution is -2.08. The maximum Gasteiger partial charge on any atom is 0.0657 e. The van der Waals surface area contributed by atoms with E-state index in [2.05, 4.69) is 77.4 Å². The standard InChI is InChI=1S/C15H14BrN.BrH/c1-17(2)10-7-8-12-11-5-3-4-6-13(11)15(16)14(12)9-10;/h3-9,15H,1-2H3;1H. The van der Waals surface area contributed by atoms with Crippen molar-refractivity contribution >= 4 is 38.6 Å². The predicted molar refractivity (Wildman–Crippen MR) is 87.3 cm³/mol. The molecule has 0 saturated heterocycles. The second-order valence-electron chi connectivity index (χ2n) is 4.62. The fraction of sp³-hybridized carbons (Fsp3) is 0.200. The van der Waals surface area contributed by atoms with Gasteiger partial charge in [-0.25, -0.2) is 0 Å². The molecule has 1 unspecified atom stereocenters. The van der Waals surface area contributed by atoms with Crippen LogP contribution in [0.3, 0.4) is 0 Å². The number of alkyl halides is 1. The van der Waals surface area contributed by atoms with E-state index in [0.29, 0.717) is 4.83 Å². The van der Waals surface area contributed by atoms with E-state index in [4.69, 9.17) is 0 Å². The van der Waals surface area contributed by atoms with E-state index >= 15 is 0 Å². The molecule has 1 atom stereocenters. The highest BCUT2D eigenvalue weighted by molar-refractivity contribution is 9.09. The highest BCUT2D eigenvalue weighted by Gasteiger charge is 2.26. The summed E-state index contributed by atoms with van der Waals surface area (Å²) in [7, 11) is 4.15. The van der Waals surface area contributed by atoms with Crippen LogP contribution in [-0.2, 0) is 0 Å². The molecule has 18 heavy (non-hydrogen) atoms. The van der Waals surface area contributed by atoms with Crippen molar-refractivity contribution in [2.75, 3.05) is 19.0 Å². The minimum atomic E-state index is 0. The Morgan fingerprint density at radius 1 is 0.944 bits per heavy atom. The van der Waals surface area contributed by atoms with Gasteiger partial charge in [-0.3, -0.25) is 0 Å². The van der Waals surface area contributed by atoms with Gasteiger partial charge in [0.25, 0.3) is 0 Å². The van der Waals surface area contributed by atoms with Crippen LogP contribution in [0.4, 0.5) is 5.69 Å². The molecule has 0 bridgehead atoms. The van der Waals surface area contributed by atoms with Crippen LogP contribution in [0.1, 0.15) is 16.0 Å². The highest BCUT2D eigenvalue weighted by atomic mass is 79.9. The van der Waals surface area contributed by atoms with Crippen molar-refractivity contribution in [1.82, 2.24) is 0 Å². The lowest BCUT2D eigenvalue weighted by Gasteiger charge is -2.14. The van der Waals surface area contributed by atoms with Crippen LogP contribution in [-0.4, -0.2) is 14.1 Å². The summed E-state index contributed by atoms with van der Waals surface area (Å²) in [6.07, 6.45) is 0. The summed E-state index contributed by atoms with van der Waals surface area (Å²) in [4.78, 5) is 2.47. The summed E-state index contributed by atoms with van der Waals surface area (Å²) in [5, 5.41) is 0. The zero-order chi connectivity index (χ0) is 12.0. The van der Waals surface area contributed by atoms with E-state index in [1.165, 1.54) is 27.9 Å². The number of nitrogens with zero attached hydrogens (tertiary/aromatic N) is 1. The van der Waals surface area contributed by atoms with Crippen molar-refractivity contribution in [3.8, 4) is 11.1 Å². The fourth-order valence-corrected chi connectivity index (χ4v) is 3.19. The molecule has 1 aliphatic carbocycles. The Bertz CT molecular complexity index is 578. The van der Waals surface area contributed by atoms with Crippen LogP contribution >= 0.6 is 32.9 Å². The first-order chi connectivity index (χ1) is 8.18. The molecule has 0 amide bonds. The van der Waals surface area contributed by atoms with E-state index in [1.54, 1.807) is 0 Å². The largest absolute Gasteiger partial charge is 0.378 e. The summed E-state index contributed by atoms with van der Waals surface area (Å²) in [6.45, 7) is 0. The zero-order valence-electron chi connectivity index (χ0n) is 10.4. The normalized spacial score (nSPS) is 15.6. The molecule has 0 radical (unpaired) electrons. The third-order valence-electron chi connectivity index (χ3n) is 3.35. The topological polar surface area (TPSA) is 3.24 Å². The maximum atomic E-state index is 3.80. The summed E-state index contributed by atoms with van der Waals surface area (Å²) in [6, 6.07) is 15.3. The quantitative estimate of drug-likeness (QED) is 0.653. The number of anilines is 1. The molecular weight excluding hydrogens is 354 g/mol. The van der Waals surface area contributed by atoms with E-state index in [-0.39, 0.29) is 17.0 Å². The Kier molecular flexibility index (Phi) is 3.83. The predicted octanol–water partition coefficient (Wildman–Crippen LogP) is 4.80. The van der Waals surface area contributed by atoms with E-state index in [9.17, 15) is 0 Å². The Hall–Kier alpha value is -0.800. The van der Waals surface area contributed by atoms with Crippen LogP contribution < -0.4 is 4.90 Å². The first kappa shape index (κ1) is 13.6. The van der Waals surface area contributed by atoms with E-state index < -0.39 is 0 Å². The molecule has 0 fully saturated rings. The van der Waals surface area contributed by atoms with E-state index in [0.717, 1.165) is 0 Å². The number of rotatable bonds is 1. The molecule has 2 aromatic carbocycles.